The normalized spacial score (nSPS) is 26.4. The molecule has 30 heavy (non-hydrogen) atoms. The van der Waals surface area contributed by atoms with Crippen LogP contribution in [0.1, 0.15) is 60.0 Å². The molecule has 6 nitrogen and oxygen atoms in total. The van der Waals surface area contributed by atoms with E-state index in [1.807, 2.05) is 23.1 Å². The van der Waals surface area contributed by atoms with Crippen molar-refractivity contribution in [2.75, 3.05) is 19.6 Å². The van der Waals surface area contributed by atoms with Crippen molar-refractivity contribution in [3.8, 4) is 0 Å². The lowest BCUT2D eigenvalue weighted by atomic mass is 9.89. The molecule has 0 N–H and O–H groups in total. The Hall–Kier alpha value is -2.63. The van der Waals surface area contributed by atoms with Crippen molar-refractivity contribution in [1.82, 2.24) is 14.8 Å². The van der Waals surface area contributed by atoms with Crippen LogP contribution in [0.4, 0.5) is 0 Å². The Bertz CT molecular complexity index is 919. The molecule has 0 unspecified atom stereocenters. The van der Waals surface area contributed by atoms with Crippen molar-refractivity contribution in [2.24, 2.45) is 17.8 Å². The Morgan fingerprint density at radius 1 is 1.10 bits per heavy atom. The van der Waals surface area contributed by atoms with Crippen LogP contribution in [-0.4, -0.2) is 46.2 Å². The molecule has 3 heterocycles. The van der Waals surface area contributed by atoms with E-state index in [1.54, 1.807) is 6.92 Å². The van der Waals surface area contributed by atoms with Crippen molar-refractivity contribution in [2.45, 2.75) is 45.1 Å². The van der Waals surface area contributed by atoms with E-state index in [-0.39, 0.29) is 23.8 Å². The van der Waals surface area contributed by atoms with E-state index >= 15 is 0 Å². The number of fused-ring (bicyclic) bond motifs is 1. The maximum absolute atomic E-state index is 13.3. The molecule has 1 aromatic carbocycles. The van der Waals surface area contributed by atoms with Gasteiger partial charge in [0.25, 0.3) is 5.91 Å². The lowest BCUT2D eigenvalue weighted by molar-refractivity contribution is -0.133. The van der Waals surface area contributed by atoms with E-state index in [0.29, 0.717) is 42.8 Å². The van der Waals surface area contributed by atoms with E-state index in [4.69, 9.17) is 4.42 Å². The third-order valence-electron chi connectivity index (χ3n) is 7.29. The monoisotopic (exact) mass is 407 g/mol. The van der Waals surface area contributed by atoms with Crippen LogP contribution < -0.4 is 0 Å². The van der Waals surface area contributed by atoms with Gasteiger partial charge in [0.2, 0.25) is 11.7 Å². The fraction of sp³-hybridized carbons (Fsp3) is 0.542. The molecule has 1 saturated carbocycles. The smallest absolute Gasteiger partial charge is 0.291 e. The first-order chi connectivity index (χ1) is 14.6. The van der Waals surface area contributed by atoms with Gasteiger partial charge < -0.3 is 14.2 Å². The highest BCUT2D eigenvalue weighted by Crippen LogP contribution is 2.46. The van der Waals surface area contributed by atoms with E-state index in [1.165, 1.54) is 37.6 Å². The number of aromatic nitrogens is 1. The van der Waals surface area contributed by atoms with E-state index in [9.17, 15) is 9.59 Å². The fourth-order valence-corrected chi connectivity index (χ4v) is 5.77. The van der Waals surface area contributed by atoms with Crippen LogP contribution in [0.25, 0.3) is 0 Å². The van der Waals surface area contributed by atoms with Crippen molar-refractivity contribution in [3.63, 3.8) is 0 Å². The highest BCUT2D eigenvalue weighted by molar-refractivity contribution is 5.92. The van der Waals surface area contributed by atoms with Gasteiger partial charge in [0.05, 0.1) is 11.7 Å². The average molecular weight is 408 g/mol. The topological polar surface area (TPSA) is 66.7 Å². The zero-order chi connectivity index (χ0) is 20.7. The number of carbonyl (C=O) groups excluding carboxylic acids is 2. The molecular formula is C24H29N3O3. The highest BCUT2D eigenvalue weighted by Gasteiger charge is 2.50. The van der Waals surface area contributed by atoms with Gasteiger partial charge in [-0.3, -0.25) is 9.59 Å². The van der Waals surface area contributed by atoms with Crippen molar-refractivity contribution >= 4 is 11.8 Å². The number of amides is 2. The van der Waals surface area contributed by atoms with Crippen LogP contribution in [0.5, 0.6) is 0 Å². The summed E-state index contributed by atoms with van der Waals surface area (Å²) >= 11 is 0. The van der Waals surface area contributed by atoms with Crippen molar-refractivity contribution in [1.29, 1.82) is 0 Å². The number of rotatable bonds is 4. The molecule has 5 rings (SSSR count). The molecule has 2 aliphatic heterocycles. The van der Waals surface area contributed by atoms with Crippen LogP contribution in [0, 0.1) is 24.7 Å². The lowest BCUT2D eigenvalue weighted by Crippen LogP contribution is -2.38. The number of nitrogens with zero attached hydrogens (tertiary/aromatic N) is 3. The Kier molecular flexibility index (Phi) is 5.09. The van der Waals surface area contributed by atoms with Gasteiger partial charge in [-0.25, -0.2) is 4.98 Å². The Morgan fingerprint density at radius 2 is 1.87 bits per heavy atom. The molecule has 1 aliphatic carbocycles. The first-order valence-corrected chi connectivity index (χ1v) is 11.2. The number of aryl methyl sites for hydroxylation is 1. The second-order valence-corrected chi connectivity index (χ2v) is 9.16. The summed E-state index contributed by atoms with van der Waals surface area (Å²) in [5.74, 6) is 1.63. The molecule has 3 aliphatic rings. The molecule has 0 radical (unpaired) electrons. The van der Waals surface area contributed by atoms with Gasteiger partial charge in [-0.15, -0.1) is 0 Å². The summed E-state index contributed by atoms with van der Waals surface area (Å²) in [4.78, 5) is 34.3. The maximum atomic E-state index is 13.3. The van der Waals surface area contributed by atoms with E-state index in [0.717, 1.165) is 6.54 Å². The molecule has 2 saturated heterocycles. The summed E-state index contributed by atoms with van der Waals surface area (Å²) in [7, 11) is 0. The molecule has 3 fully saturated rings. The number of hydrogen-bond donors (Lipinski definition) is 0. The van der Waals surface area contributed by atoms with E-state index < -0.39 is 0 Å². The Balaban J connectivity index is 1.37. The van der Waals surface area contributed by atoms with E-state index in [2.05, 4.69) is 22.0 Å². The van der Waals surface area contributed by atoms with Crippen LogP contribution in [-0.2, 0) is 4.79 Å². The van der Waals surface area contributed by atoms with Crippen LogP contribution >= 0.6 is 0 Å². The number of benzene rings is 1. The van der Waals surface area contributed by atoms with Crippen molar-refractivity contribution in [3.05, 3.63) is 53.7 Å². The summed E-state index contributed by atoms with van der Waals surface area (Å²) in [6.45, 7) is 3.84. The Morgan fingerprint density at radius 3 is 2.57 bits per heavy atom. The molecule has 2 aromatic rings. The second kappa shape index (κ2) is 7.89. The minimum absolute atomic E-state index is 0.0405. The summed E-state index contributed by atoms with van der Waals surface area (Å²) in [5, 5.41) is 0. The van der Waals surface area contributed by atoms with Gasteiger partial charge in [-0.05, 0) is 31.2 Å². The Labute approximate surface area is 177 Å². The lowest BCUT2D eigenvalue weighted by Gasteiger charge is -2.30. The van der Waals surface area contributed by atoms with Crippen LogP contribution in [0.3, 0.4) is 0 Å². The molecule has 1 aromatic heterocycles. The molecule has 158 valence electrons. The molecule has 0 bridgehead atoms. The first kappa shape index (κ1) is 19.3. The summed E-state index contributed by atoms with van der Waals surface area (Å²) in [6, 6.07) is 10.4. The molecule has 2 amide bonds. The quantitative estimate of drug-likeness (QED) is 0.772. The fourth-order valence-electron chi connectivity index (χ4n) is 5.77. The van der Waals surface area contributed by atoms with Gasteiger partial charge in [0, 0.05) is 37.9 Å². The second-order valence-electron chi connectivity index (χ2n) is 9.16. The number of oxazole rings is 1. The van der Waals surface area contributed by atoms with Gasteiger partial charge in [0.1, 0.15) is 0 Å². The minimum Gasteiger partial charge on any atom is -0.438 e. The molecular weight excluding hydrogens is 378 g/mol. The molecule has 0 spiro atoms. The first-order valence-electron chi connectivity index (χ1n) is 11.2. The molecule has 3 atom stereocenters. The maximum Gasteiger partial charge on any atom is 0.291 e. The average Bonchev–Trinajstić information content (AvgIpc) is 3.52. The van der Waals surface area contributed by atoms with Gasteiger partial charge in [0.15, 0.2) is 6.39 Å². The van der Waals surface area contributed by atoms with Crippen LogP contribution in [0.2, 0.25) is 0 Å². The third kappa shape index (κ3) is 3.42. The predicted molar refractivity (Wildman–Crippen MR) is 112 cm³/mol. The third-order valence-corrected chi connectivity index (χ3v) is 7.29. The zero-order valence-corrected chi connectivity index (χ0v) is 17.5. The SMILES string of the molecule is Cc1ncoc1C(=O)N1C[C@H]2CN(C(=O)CC3CCCC3)[C@H](c3ccccc3)[C@H]2C1. The van der Waals surface area contributed by atoms with Gasteiger partial charge in [-0.2, -0.15) is 0 Å². The minimum atomic E-state index is -0.0879. The number of carbonyl (C=O) groups is 2. The van der Waals surface area contributed by atoms with Gasteiger partial charge in [-0.1, -0.05) is 43.2 Å². The van der Waals surface area contributed by atoms with Gasteiger partial charge >= 0.3 is 0 Å². The highest BCUT2D eigenvalue weighted by atomic mass is 16.3. The van der Waals surface area contributed by atoms with Crippen molar-refractivity contribution < 1.29 is 14.0 Å². The summed E-state index contributed by atoms with van der Waals surface area (Å²) in [6.07, 6.45) is 6.87. The standard InChI is InChI=1S/C24H29N3O3/c1-16-23(30-15-25-16)24(29)26-12-19-13-27(21(28)11-17-7-5-6-8-17)22(20(19)14-26)18-9-3-2-4-10-18/h2-4,9-10,15,17,19-20,22H,5-8,11-14H2,1H3/t19-,20-,22+/m0/s1. The number of likely N-dealkylation sites (tertiary alicyclic amines) is 2. The molecule has 6 heteroatoms. The zero-order valence-electron chi connectivity index (χ0n) is 17.5. The largest absolute Gasteiger partial charge is 0.438 e. The summed E-state index contributed by atoms with van der Waals surface area (Å²) in [5.41, 5.74) is 1.81. The number of hydrogen-bond acceptors (Lipinski definition) is 4. The van der Waals surface area contributed by atoms with Crippen LogP contribution in [0.15, 0.2) is 41.1 Å². The summed E-state index contributed by atoms with van der Waals surface area (Å²) < 4.78 is 5.34. The predicted octanol–water partition coefficient (Wildman–Crippen LogP) is 3.84.